The van der Waals surface area contributed by atoms with Crippen LogP contribution in [0.3, 0.4) is 0 Å². The number of carbonyl (C=O) groups is 3. The van der Waals surface area contributed by atoms with Crippen LogP contribution in [0.15, 0.2) is 36.9 Å². The van der Waals surface area contributed by atoms with Crippen LogP contribution in [0.1, 0.15) is 32.8 Å². The molecule has 0 saturated heterocycles. The average Bonchev–Trinajstić information content (AvgIpc) is 2.51. The van der Waals surface area contributed by atoms with E-state index in [1.165, 1.54) is 6.08 Å². The molecule has 0 saturated carbocycles. The number of ether oxygens (including phenoxy) is 1. The highest BCUT2D eigenvalue weighted by atomic mass is 16.6. The summed E-state index contributed by atoms with van der Waals surface area (Å²) in [7, 11) is 0. The van der Waals surface area contributed by atoms with Gasteiger partial charge in [-0.05, 0) is 44.5 Å². The number of carbonyl (C=O) groups excluding carboxylic acids is 3. The van der Waals surface area contributed by atoms with Gasteiger partial charge in [0, 0.05) is 25.2 Å². The van der Waals surface area contributed by atoms with Crippen LogP contribution < -0.4 is 16.0 Å². The van der Waals surface area contributed by atoms with E-state index in [1.807, 2.05) is 6.07 Å². The van der Waals surface area contributed by atoms with Gasteiger partial charge in [0.1, 0.15) is 5.60 Å². The Morgan fingerprint density at radius 3 is 2.56 bits per heavy atom. The molecule has 0 aliphatic rings. The number of nitrogens with one attached hydrogen (secondary N) is 3. The summed E-state index contributed by atoms with van der Waals surface area (Å²) < 4.78 is 5.09. The van der Waals surface area contributed by atoms with Gasteiger partial charge in [0.2, 0.25) is 11.8 Å². The molecule has 25 heavy (non-hydrogen) atoms. The Bertz CT molecular complexity index is 635. The largest absolute Gasteiger partial charge is 0.444 e. The highest BCUT2D eigenvalue weighted by Gasteiger charge is 2.15. The zero-order valence-corrected chi connectivity index (χ0v) is 14.8. The second kappa shape index (κ2) is 9.46. The van der Waals surface area contributed by atoms with Crippen LogP contribution in [0.2, 0.25) is 0 Å². The van der Waals surface area contributed by atoms with E-state index < -0.39 is 11.7 Å². The molecule has 1 aromatic rings. The third-order valence-corrected chi connectivity index (χ3v) is 2.88. The topological polar surface area (TPSA) is 96.5 Å². The normalized spacial score (nSPS) is 10.5. The van der Waals surface area contributed by atoms with Crippen LogP contribution in [0.5, 0.6) is 0 Å². The van der Waals surface area contributed by atoms with Crippen LogP contribution in [0, 0.1) is 0 Å². The molecule has 0 radical (unpaired) electrons. The molecule has 3 N–H and O–H groups in total. The minimum atomic E-state index is -0.576. The first-order valence-electron chi connectivity index (χ1n) is 7.95. The Morgan fingerprint density at radius 1 is 1.20 bits per heavy atom. The first-order chi connectivity index (χ1) is 11.7. The van der Waals surface area contributed by atoms with Crippen molar-refractivity contribution in [3.05, 3.63) is 42.5 Å². The lowest BCUT2D eigenvalue weighted by Gasteiger charge is -2.19. The van der Waals surface area contributed by atoms with E-state index in [0.717, 1.165) is 5.56 Å². The van der Waals surface area contributed by atoms with Crippen molar-refractivity contribution >= 4 is 23.6 Å². The SMILES string of the molecule is C=CC(=O)NCc1cccc(NC(=O)CCNC(=O)OC(C)(C)C)c1. The van der Waals surface area contributed by atoms with Crippen molar-refractivity contribution in [3.63, 3.8) is 0 Å². The molecule has 136 valence electrons. The minimum absolute atomic E-state index is 0.122. The summed E-state index contributed by atoms with van der Waals surface area (Å²) in [4.78, 5) is 34.6. The molecule has 0 atom stereocenters. The number of rotatable bonds is 7. The Kier molecular flexibility index (Phi) is 7.65. The molecular weight excluding hydrogens is 322 g/mol. The standard InChI is InChI=1S/C18H25N3O4/c1-5-15(22)20-12-13-7-6-8-14(11-13)21-16(23)9-10-19-17(24)25-18(2,3)4/h5-8,11H,1,9-10,12H2,2-4H3,(H,19,24)(H,20,22)(H,21,23). The fraction of sp³-hybridized carbons (Fsp3) is 0.389. The molecule has 0 heterocycles. The van der Waals surface area contributed by atoms with Gasteiger partial charge in [-0.25, -0.2) is 4.79 Å². The molecule has 0 fully saturated rings. The first-order valence-corrected chi connectivity index (χ1v) is 7.95. The maximum absolute atomic E-state index is 11.9. The number of alkyl carbamates (subject to hydrolysis) is 1. The number of amides is 3. The van der Waals surface area contributed by atoms with E-state index in [2.05, 4.69) is 22.5 Å². The van der Waals surface area contributed by atoms with Crippen molar-refractivity contribution in [2.45, 2.75) is 39.3 Å². The van der Waals surface area contributed by atoms with E-state index in [4.69, 9.17) is 4.74 Å². The van der Waals surface area contributed by atoms with Crippen molar-refractivity contribution in [1.29, 1.82) is 0 Å². The Labute approximate surface area is 147 Å². The molecule has 7 nitrogen and oxygen atoms in total. The predicted molar refractivity (Wildman–Crippen MR) is 96.0 cm³/mol. The highest BCUT2D eigenvalue weighted by Crippen LogP contribution is 2.11. The van der Waals surface area contributed by atoms with Crippen LogP contribution in [-0.4, -0.2) is 30.1 Å². The predicted octanol–water partition coefficient (Wildman–Crippen LogP) is 2.34. The lowest BCUT2D eigenvalue weighted by atomic mass is 10.2. The quantitative estimate of drug-likeness (QED) is 0.660. The molecule has 0 unspecified atom stereocenters. The van der Waals surface area contributed by atoms with E-state index in [9.17, 15) is 14.4 Å². The summed E-state index contributed by atoms with van der Waals surface area (Å²) in [5, 5.41) is 7.93. The van der Waals surface area contributed by atoms with Crippen LogP contribution >= 0.6 is 0 Å². The summed E-state index contributed by atoms with van der Waals surface area (Å²) in [6.07, 6.45) is 0.764. The van der Waals surface area contributed by atoms with Crippen molar-refractivity contribution in [3.8, 4) is 0 Å². The number of benzene rings is 1. The van der Waals surface area contributed by atoms with Crippen LogP contribution in [0.4, 0.5) is 10.5 Å². The second-order valence-corrected chi connectivity index (χ2v) is 6.35. The summed E-state index contributed by atoms with van der Waals surface area (Å²) in [6, 6.07) is 7.13. The van der Waals surface area contributed by atoms with Gasteiger partial charge in [0.15, 0.2) is 0 Å². The van der Waals surface area contributed by atoms with Crippen molar-refractivity contribution < 1.29 is 19.1 Å². The monoisotopic (exact) mass is 347 g/mol. The maximum Gasteiger partial charge on any atom is 0.407 e. The van der Waals surface area contributed by atoms with Gasteiger partial charge in [-0.2, -0.15) is 0 Å². The number of anilines is 1. The third-order valence-electron chi connectivity index (χ3n) is 2.88. The van der Waals surface area contributed by atoms with E-state index in [1.54, 1.807) is 39.0 Å². The molecule has 0 bridgehead atoms. The minimum Gasteiger partial charge on any atom is -0.444 e. The van der Waals surface area contributed by atoms with Gasteiger partial charge in [0.05, 0.1) is 0 Å². The van der Waals surface area contributed by atoms with Crippen LogP contribution in [-0.2, 0) is 20.9 Å². The lowest BCUT2D eigenvalue weighted by Crippen LogP contribution is -2.34. The van der Waals surface area contributed by atoms with Crippen molar-refractivity contribution in [2.24, 2.45) is 0 Å². The second-order valence-electron chi connectivity index (χ2n) is 6.35. The number of hydrogen-bond acceptors (Lipinski definition) is 4. The molecule has 0 spiro atoms. The number of hydrogen-bond donors (Lipinski definition) is 3. The Balaban J connectivity index is 2.40. The van der Waals surface area contributed by atoms with Crippen molar-refractivity contribution in [2.75, 3.05) is 11.9 Å². The molecule has 7 heteroatoms. The van der Waals surface area contributed by atoms with Gasteiger partial charge < -0.3 is 20.7 Å². The summed E-state index contributed by atoms with van der Waals surface area (Å²) in [5.74, 6) is -0.494. The van der Waals surface area contributed by atoms with E-state index >= 15 is 0 Å². The lowest BCUT2D eigenvalue weighted by molar-refractivity contribution is -0.117. The summed E-state index contributed by atoms with van der Waals surface area (Å²) in [5.41, 5.74) is 0.890. The fourth-order valence-electron chi connectivity index (χ4n) is 1.84. The van der Waals surface area contributed by atoms with Crippen molar-refractivity contribution in [1.82, 2.24) is 10.6 Å². The van der Waals surface area contributed by atoms with Gasteiger partial charge in [-0.3, -0.25) is 9.59 Å². The molecule has 0 aliphatic carbocycles. The third kappa shape index (κ3) is 9.14. The van der Waals surface area contributed by atoms with Gasteiger partial charge in [-0.1, -0.05) is 18.7 Å². The average molecular weight is 347 g/mol. The smallest absolute Gasteiger partial charge is 0.407 e. The zero-order chi connectivity index (χ0) is 18.9. The molecular formula is C18H25N3O4. The Morgan fingerprint density at radius 2 is 1.92 bits per heavy atom. The van der Waals surface area contributed by atoms with Crippen LogP contribution in [0.25, 0.3) is 0 Å². The molecule has 3 amide bonds. The van der Waals surface area contributed by atoms with Gasteiger partial charge in [-0.15, -0.1) is 0 Å². The highest BCUT2D eigenvalue weighted by molar-refractivity contribution is 5.91. The van der Waals surface area contributed by atoms with Gasteiger partial charge >= 0.3 is 6.09 Å². The first kappa shape index (κ1) is 20.2. The molecule has 0 aromatic heterocycles. The van der Waals surface area contributed by atoms with E-state index in [0.29, 0.717) is 12.2 Å². The van der Waals surface area contributed by atoms with E-state index in [-0.39, 0.29) is 24.8 Å². The summed E-state index contributed by atoms with van der Waals surface area (Å²) in [6.45, 7) is 9.20. The fourth-order valence-corrected chi connectivity index (χ4v) is 1.84. The zero-order valence-electron chi connectivity index (χ0n) is 14.8. The molecule has 1 rings (SSSR count). The van der Waals surface area contributed by atoms with Gasteiger partial charge in [0.25, 0.3) is 0 Å². The Hall–Kier alpha value is -2.83. The molecule has 1 aromatic carbocycles. The maximum atomic E-state index is 11.9. The molecule has 0 aliphatic heterocycles. The summed E-state index contributed by atoms with van der Waals surface area (Å²) >= 11 is 0.